The summed E-state index contributed by atoms with van der Waals surface area (Å²) in [6.07, 6.45) is 0.940. The van der Waals surface area contributed by atoms with Gasteiger partial charge in [-0.2, -0.15) is 5.10 Å². The summed E-state index contributed by atoms with van der Waals surface area (Å²) in [4.78, 5) is 21.4. The first kappa shape index (κ1) is 14.3. The van der Waals surface area contributed by atoms with E-state index in [1.807, 2.05) is 6.92 Å². The van der Waals surface area contributed by atoms with Crippen LogP contribution in [0.2, 0.25) is 0 Å². The summed E-state index contributed by atoms with van der Waals surface area (Å²) in [5.74, 6) is -1.13. The predicted octanol–water partition coefficient (Wildman–Crippen LogP) is 1.84. The number of carbonyl (C=O) groups is 2. The number of carbonyl (C=O) groups excluding carboxylic acids is 1. The Morgan fingerprint density at radius 2 is 2.20 bits per heavy atom. The lowest BCUT2D eigenvalue weighted by atomic mass is 10.0. The molecule has 104 valence electrons. The third-order valence-electron chi connectivity index (χ3n) is 2.68. The number of carboxylic acids is 1. The number of aromatic hydroxyl groups is 1. The normalized spacial score (nSPS) is 13.8. The van der Waals surface area contributed by atoms with Gasteiger partial charge in [0.25, 0.3) is 0 Å². The molecular formula is C13H12N2O4S. The first-order valence-electron chi connectivity index (χ1n) is 5.78. The van der Waals surface area contributed by atoms with Gasteiger partial charge in [-0.3, -0.25) is 9.59 Å². The number of nitrogens with zero attached hydrogens (tertiary/aromatic N) is 2. The minimum absolute atomic E-state index is 0.0823. The molecule has 0 fully saturated rings. The molecule has 0 spiro atoms. The predicted molar refractivity (Wildman–Crippen MR) is 76.9 cm³/mol. The van der Waals surface area contributed by atoms with Crippen LogP contribution in [0.5, 0.6) is 5.75 Å². The lowest BCUT2D eigenvalue weighted by Crippen LogP contribution is -2.06. The third-order valence-corrected chi connectivity index (χ3v) is 3.64. The molecule has 0 radical (unpaired) electrons. The van der Waals surface area contributed by atoms with E-state index < -0.39 is 5.97 Å². The highest BCUT2D eigenvalue weighted by Gasteiger charge is 2.20. The van der Waals surface area contributed by atoms with E-state index in [4.69, 9.17) is 5.11 Å². The van der Waals surface area contributed by atoms with Crippen molar-refractivity contribution < 1.29 is 19.8 Å². The Hall–Kier alpha value is -2.15. The Kier molecular flexibility index (Phi) is 4.19. The van der Waals surface area contributed by atoms with Crippen LogP contribution in [0.1, 0.15) is 27.9 Å². The molecular weight excluding hydrogens is 280 g/mol. The zero-order valence-corrected chi connectivity index (χ0v) is 11.5. The Balaban J connectivity index is 2.18. The van der Waals surface area contributed by atoms with Gasteiger partial charge in [0.15, 0.2) is 6.29 Å². The SMILES string of the molecule is Cc1cc(C=O)c(O)c(C2=NN=C(SCC(=O)O)C2)c1. The molecule has 2 N–H and O–H groups in total. The summed E-state index contributed by atoms with van der Waals surface area (Å²) in [5.41, 5.74) is 2.02. The number of aliphatic carboxylic acids is 1. The van der Waals surface area contributed by atoms with Gasteiger partial charge in [0, 0.05) is 12.0 Å². The standard InChI is InChI=1S/C13H12N2O4S/c1-7-2-8(5-16)13(19)9(3-7)10-4-11(15-14-10)20-6-12(17)18/h2-3,5,19H,4,6H2,1H3,(H,17,18). The van der Waals surface area contributed by atoms with E-state index in [1.165, 1.54) is 0 Å². The van der Waals surface area contributed by atoms with Crippen molar-refractivity contribution in [3.8, 4) is 5.75 Å². The maximum Gasteiger partial charge on any atom is 0.313 e. The summed E-state index contributed by atoms with van der Waals surface area (Å²) in [5, 5.41) is 27.1. The van der Waals surface area contributed by atoms with Crippen molar-refractivity contribution in [3.63, 3.8) is 0 Å². The zero-order valence-electron chi connectivity index (χ0n) is 10.7. The van der Waals surface area contributed by atoms with E-state index in [-0.39, 0.29) is 17.1 Å². The molecule has 1 aliphatic heterocycles. The number of phenols is 1. The van der Waals surface area contributed by atoms with Crippen molar-refractivity contribution in [2.24, 2.45) is 10.2 Å². The summed E-state index contributed by atoms with van der Waals surface area (Å²) < 4.78 is 0. The highest BCUT2D eigenvalue weighted by molar-refractivity contribution is 8.14. The fourth-order valence-corrected chi connectivity index (χ4v) is 2.45. The average molecular weight is 292 g/mol. The molecule has 6 nitrogen and oxygen atoms in total. The van der Waals surface area contributed by atoms with Crippen LogP contribution < -0.4 is 0 Å². The first-order chi connectivity index (χ1) is 9.51. The molecule has 0 bridgehead atoms. The first-order valence-corrected chi connectivity index (χ1v) is 6.77. The summed E-state index contributed by atoms with van der Waals surface area (Å²) in [7, 11) is 0. The fourth-order valence-electron chi connectivity index (χ4n) is 1.82. The van der Waals surface area contributed by atoms with Gasteiger partial charge in [0.1, 0.15) is 10.8 Å². The van der Waals surface area contributed by atoms with Crippen LogP contribution >= 0.6 is 11.8 Å². The number of hydrogen-bond donors (Lipinski definition) is 2. The topological polar surface area (TPSA) is 99.3 Å². The van der Waals surface area contributed by atoms with E-state index in [0.29, 0.717) is 29.0 Å². The summed E-state index contributed by atoms with van der Waals surface area (Å²) >= 11 is 1.10. The maximum atomic E-state index is 10.9. The molecule has 1 aromatic carbocycles. The number of phenolic OH excluding ortho intramolecular Hbond substituents is 1. The van der Waals surface area contributed by atoms with Gasteiger partial charge in [-0.15, -0.1) is 5.10 Å². The Morgan fingerprint density at radius 3 is 2.85 bits per heavy atom. The molecule has 0 aromatic heterocycles. The van der Waals surface area contributed by atoms with E-state index in [9.17, 15) is 14.7 Å². The minimum Gasteiger partial charge on any atom is -0.507 e. The highest BCUT2D eigenvalue weighted by Crippen LogP contribution is 2.28. The van der Waals surface area contributed by atoms with Gasteiger partial charge in [-0.25, -0.2) is 0 Å². The van der Waals surface area contributed by atoms with E-state index in [0.717, 1.165) is 17.3 Å². The average Bonchev–Trinajstić information content (AvgIpc) is 2.87. The second-order valence-corrected chi connectivity index (χ2v) is 5.32. The number of aldehydes is 1. The molecule has 0 amide bonds. The van der Waals surface area contributed by atoms with Gasteiger partial charge in [0.2, 0.25) is 0 Å². The highest BCUT2D eigenvalue weighted by atomic mass is 32.2. The van der Waals surface area contributed by atoms with Gasteiger partial charge in [-0.1, -0.05) is 11.8 Å². The molecule has 0 aliphatic carbocycles. The van der Waals surface area contributed by atoms with Crippen molar-refractivity contribution in [2.75, 3.05) is 5.75 Å². The number of carboxylic acid groups (broad SMARTS) is 1. The second-order valence-electron chi connectivity index (χ2n) is 4.27. The lowest BCUT2D eigenvalue weighted by molar-refractivity contribution is -0.133. The monoisotopic (exact) mass is 292 g/mol. The van der Waals surface area contributed by atoms with Crippen molar-refractivity contribution in [2.45, 2.75) is 13.3 Å². The van der Waals surface area contributed by atoms with Crippen LogP contribution in [0.15, 0.2) is 22.3 Å². The molecule has 7 heteroatoms. The molecule has 0 unspecified atom stereocenters. The molecule has 1 aromatic rings. The number of rotatable bonds is 4. The quantitative estimate of drug-likeness (QED) is 0.825. The Bertz CT molecular complexity index is 638. The van der Waals surface area contributed by atoms with Gasteiger partial charge in [-0.05, 0) is 24.6 Å². The summed E-state index contributed by atoms with van der Waals surface area (Å²) in [6.45, 7) is 1.81. The maximum absolute atomic E-state index is 10.9. The van der Waals surface area contributed by atoms with Crippen LogP contribution in [0.4, 0.5) is 0 Å². The zero-order chi connectivity index (χ0) is 14.7. The van der Waals surface area contributed by atoms with Crippen molar-refractivity contribution in [3.05, 3.63) is 28.8 Å². The van der Waals surface area contributed by atoms with Crippen molar-refractivity contribution in [1.82, 2.24) is 0 Å². The lowest BCUT2D eigenvalue weighted by Gasteiger charge is -2.07. The smallest absolute Gasteiger partial charge is 0.313 e. The molecule has 20 heavy (non-hydrogen) atoms. The molecule has 0 saturated carbocycles. The number of thioether (sulfide) groups is 1. The number of aryl methyl sites for hydroxylation is 1. The summed E-state index contributed by atoms with van der Waals surface area (Å²) in [6, 6.07) is 3.31. The number of benzene rings is 1. The molecule has 0 saturated heterocycles. The van der Waals surface area contributed by atoms with Crippen molar-refractivity contribution >= 4 is 34.8 Å². The van der Waals surface area contributed by atoms with E-state index in [2.05, 4.69) is 10.2 Å². The van der Waals surface area contributed by atoms with Crippen LogP contribution in [-0.2, 0) is 4.79 Å². The third kappa shape index (κ3) is 3.05. The number of hydrogen-bond acceptors (Lipinski definition) is 6. The second kappa shape index (κ2) is 5.87. The van der Waals surface area contributed by atoms with Crippen molar-refractivity contribution in [1.29, 1.82) is 0 Å². The fraction of sp³-hybridized carbons (Fsp3) is 0.231. The van der Waals surface area contributed by atoms with Crippen LogP contribution in [0, 0.1) is 6.92 Å². The van der Waals surface area contributed by atoms with Crippen LogP contribution in [0.3, 0.4) is 0 Å². The van der Waals surface area contributed by atoms with Gasteiger partial charge < -0.3 is 10.2 Å². The largest absolute Gasteiger partial charge is 0.507 e. The van der Waals surface area contributed by atoms with Crippen LogP contribution in [-0.4, -0.2) is 39.0 Å². The van der Waals surface area contributed by atoms with Gasteiger partial charge >= 0.3 is 5.97 Å². The van der Waals surface area contributed by atoms with E-state index in [1.54, 1.807) is 12.1 Å². The van der Waals surface area contributed by atoms with E-state index >= 15 is 0 Å². The molecule has 1 aliphatic rings. The van der Waals surface area contributed by atoms with Crippen LogP contribution in [0.25, 0.3) is 0 Å². The molecule has 0 atom stereocenters. The Labute approximate surface area is 119 Å². The Morgan fingerprint density at radius 1 is 1.45 bits per heavy atom. The minimum atomic E-state index is -0.923. The van der Waals surface area contributed by atoms with Gasteiger partial charge in [0.05, 0.1) is 17.0 Å². The molecule has 1 heterocycles. The molecule has 2 rings (SSSR count).